The molecule has 2 aromatic carbocycles. The van der Waals surface area contributed by atoms with Gasteiger partial charge in [-0.1, -0.05) is 18.2 Å². The summed E-state index contributed by atoms with van der Waals surface area (Å²) in [6.07, 6.45) is 2.01. The molecule has 0 saturated carbocycles. The second-order valence-electron chi connectivity index (χ2n) is 8.15. The van der Waals surface area contributed by atoms with E-state index in [0.29, 0.717) is 6.42 Å². The molecular weight excluding hydrogens is 412 g/mol. The summed E-state index contributed by atoms with van der Waals surface area (Å²) in [6.45, 7) is 0.0852. The van der Waals surface area contributed by atoms with Crippen LogP contribution in [0.2, 0.25) is 0 Å². The van der Waals surface area contributed by atoms with E-state index in [1.807, 2.05) is 18.2 Å². The number of fused-ring (bicyclic) bond motifs is 4. The summed E-state index contributed by atoms with van der Waals surface area (Å²) in [7, 11) is 0. The first-order chi connectivity index (χ1) is 15.4. The lowest BCUT2D eigenvalue weighted by Crippen LogP contribution is -2.36. The highest BCUT2D eigenvalue weighted by Gasteiger charge is 2.36. The van der Waals surface area contributed by atoms with Gasteiger partial charge >= 0.3 is 0 Å². The van der Waals surface area contributed by atoms with E-state index in [0.717, 1.165) is 35.0 Å². The smallest absolute Gasteiger partial charge is 0.270 e. The van der Waals surface area contributed by atoms with Crippen molar-refractivity contribution in [3.05, 3.63) is 75.0 Å². The maximum atomic E-state index is 12.5. The fourth-order valence-electron chi connectivity index (χ4n) is 4.62. The van der Waals surface area contributed by atoms with Crippen molar-refractivity contribution in [2.45, 2.75) is 31.7 Å². The van der Waals surface area contributed by atoms with Crippen LogP contribution in [0, 0.1) is 10.1 Å². The van der Waals surface area contributed by atoms with E-state index < -0.39 is 16.7 Å². The summed E-state index contributed by atoms with van der Waals surface area (Å²) in [4.78, 5) is 52.2. The van der Waals surface area contributed by atoms with Crippen LogP contribution in [0.25, 0.3) is 10.9 Å². The number of non-ortho nitro benzene ring substituents is 1. The van der Waals surface area contributed by atoms with E-state index in [2.05, 4.69) is 16.4 Å². The molecule has 162 valence electrons. The summed E-state index contributed by atoms with van der Waals surface area (Å²) >= 11 is 0. The summed E-state index contributed by atoms with van der Waals surface area (Å²) in [5.74, 6) is -1.17. The Balaban J connectivity index is 1.15. The zero-order valence-corrected chi connectivity index (χ0v) is 17.1. The van der Waals surface area contributed by atoms with Crippen LogP contribution in [0.15, 0.2) is 42.5 Å². The lowest BCUT2D eigenvalue weighted by atomic mass is 10.1. The van der Waals surface area contributed by atoms with Crippen molar-refractivity contribution in [2.24, 2.45) is 0 Å². The molecule has 3 amide bonds. The van der Waals surface area contributed by atoms with Crippen molar-refractivity contribution >= 4 is 34.3 Å². The second-order valence-corrected chi connectivity index (χ2v) is 8.15. The molecule has 2 aliphatic rings. The van der Waals surface area contributed by atoms with E-state index in [1.165, 1.54) is 23.1 Å². The second kappa shape index (κ2) is 7.60. The number of nitrogens with one attached hydrogen (secondary N) is 2. The van der Waals surface area contributed by atoms with Gasteiger partial charge in [-0.2, -0.15) is 0 Å². The van der Waals surface area contributed by atoms with Gasteiger partial charge in [-0.25, -0.2) is 0 Å². The Kier molecular flexibility index (Phi) is 4.73. The van der Waals surface area contributed by atoms with Crippen LogP contribution in [0.1, 0.15) is 44.8 Å². The van der Waals surface area contributed by atoms with Crippen molar-refractivity contribution in [2.75, 3.05) is 6.54 Å². The summed E-state index contributed by atoms with van der Waals surface area (Å²) in [6, 6.07) is 11.8. The number of nitrogens with zero attached hydrogens (tertiary/aromatic N) is 2. The number of nitro groups is 1. The Morgan fingerprint density at radius 2 is 1.91 bits per heavy atom. The maximum absolute atomic E-state index is 12.5. The van der Waals surface area contributed by atoms with Gasteiger partial charge in [0.15, 0.2) is 0 Å². The van der Waals surface area contributed by atoms with Crippen LogP contribution < -0.4 is 5.32 Å². The number of imide groups is 1. The topological polar surface area (TPSA) is 125 Å². The average Bonchev–Trinajstić information content (AvgIpc) is 3.39. The molecule has 9 nitrogen and oxygen atoms in total. The summed E-state index contributed by atoms with van der Waals surface area (Å²) < 4.78 is 0. The van der Waals surface area contributed by atoms with Gasteiger partial charge in [-0.05, 0) is 30.5 Å². The van der Waals surface area contributed by atoms with Crippen molar-refractivity contribution in [1.82, 2.24) is 15.2 Å². The number of carbonyl (C=O) groups excluding carboxylic acids is 3. The molecule has 5 rings (SSSR count). The number of hydrogen-bond donors (Lipinski definition) is 2. The van der Waals surface area contributed by atoms with Gasteiger partial charge in [-0.15, -0.1) is 0 Å². The van der Waals surface area contributed by atoms with Gasteiger partial charge in [-0.3, -0.25) is 29.4 Å². The van der Waals surface area contributed by atoms with Crippen LogP contribution in [-0.4, -0.2) is 45.1 Å². The fourth-order valence-corrected chi connectivity index (χ4v) is 4.62. The number of amides is 3. The largest absolute Gasteiger partial charge is 0.358 e. The van der Waals surface area contributed by atoms with Crippen molar-refractivity contribution in [3.8, 4) is 0 Å². The third-order valence-corrected chi connectivity index (χ3v) is 6.12. The van der Waals surface area contributed by atoms with Crippen molar-refractivity contribution in [1.29, 1.82) is 0 Å². The number of aromatic amines is 1. The predicted octanol–water partition coefficient (Wildman–Crippen LogP) is 2.74. The first-order valence-corrected chi connectivity index (χ1v) is 10.4. The molecule has 2 heterocycles. The van der Waals surface area contributed by atoms with E-state index in [-0.39, 0.29) is 41.7 Å². The lowest BCUT2D eigenvalue weighted by Gasteiger charge is -2.15. The van der Waals surface area contributed by atoms with Gasteiger partial charge in [0.05, 0.1) is 16.1 Å². The van der Waals surface area contributed by atoms with Crippen LogP contribution in [-0.2, 0) is 17.6 Å². The Labute approximate surface area is 182 Å². The molecule has 0 radical (unpaired) electrons. The van der Waals surface area contributed by atoms with E-state index in [4.69, 9.17) is 0 Å². The highest BCUT2D eigenvalue weighted by molar-refractivity contribution is 6.21. The van der Waals surface area contributed by atoms with Gasteiger partial charge in [0, 0.05) is 54.2 Å². The molecule has 32 heavy (non-hydrogen) atoms. The van der Waals surface area contributed by atoms with E-state index in [9.17, 15) is 24.5 Å². The Bertz CT molecular complexity index is 1290. The van der Waals surface area contributed by atoms with Gasteiger partial charge in [0.2, 0.25) is 5.91 Å². The summed E-state index contributed by atoms with van der Waals surface area (Å²) in [5.41, 5.74) is 3.45. The highest BCUT2D eigenvalue weighted by Crippen LogP contribution is 2.30. The molecule has 1 aliphatic heterocycles. The monoisotopic (exact) mass is 432 g/mol. The quantitative estimate of drug-likeness (QED) is 0.352. The molecule has 0 saturated heterocycles. The molecule has 9 heteroatoms. The molecule has 1 unspecified atom stereocenters. The minimum Gasteiger partial charge on any atom is -0.358 e. The standard InChI is InChI=1S/C23H20N4O5/c28-21(24-13-10-17-15-4-1-2-5-19(15)25-20(17)11-13)6-3-9-26-22(29)16-8-7-14(27(31)32)12-18(16)23(26)30/h1-2,4-5,7-8,12-13,25H,3,6,9-11H2,(H,24,28). The predicted molar refractivity (Wildman–Crippen MR) is 115 cm³/mol. The van der Waals surface area contributed by atoms with Gasteiger partial charge in [0.25, 0.3) is 17.5 Å². The van der Waals surface area contributed by atoms with Crippen LogP contribution in [0.5, 0.6) is 0 Å². The average molecular weight is 432 g/mol. The molecule has 1 atom stereocenters. The number of para-hydroxylation sites is 1. The molecular formula is C23H20N4O5. The van der Waals surface area contributed by atoms with Crippen molar-refractivity contribution < 1.29 is 19.3 Å². The molecule has 2 N–H and O–H groups in total. The number of rotatable bonds is 6. The van der Waals surface area contributed by atoms with Crippen LogP contribution in [0.4, 0.5) is 5.69 Å². The summed E-state index contributed by atoms with van der Waals surface area (Å²) in [5, 5.41) is 15.2. The number of benzene rings is 2. The highest BCUT2D eigenvalue weighted by atomic mass is 16.6. The first kappa shape index (κ1) is 19.9. The Morgan fingerprint density at radius 1 is 1.12 bits per heavy atom. The fraction of sp³-hybridized carbons (Fsp3) is 0.261. The number of aromatic nitrogens is 1. The molecule has 0 spiro atoms. The first-order valence-electron chi connectivity index (χ1n) is 10.4. The molecule has 0 bridgehead atoms. The zero-order valence-electron chi connectivity index (χ0n) is 17.1. The minimum absolute atomic E-state index is 0.0215. The molecule has 1 aliphatic carbocycles. The number of nitro benzene ring substituents is 1. The molecule has 3 aromatic rings. The van der Waals surface area contributed by atoms with Crippen LogP contribution in [0.3, 0.4) is 0 Å². The van der Waals surface area contributed by atoms with Crippen LogP contribution >= 0.6 is 0 Å². The third-order valence-electron chi connectivity index (χ3n) is 6.12. The maximum Gasteiger partial charge on any atom is 0.270 e. The lowest BCUT2D eigenvalue weighted by molar-refractivity contribution is -0.384. The SMILES string of the molecule is O=C(CCCN1C(=O)c2ccc([N+](=O)[O-])cc2C1=O)NC1Cc2[nH]c3ccccc3c2C1. The number of H-pyrrole nitrogens is 1. The minimum atomic E-state index is -0.604. The van der Waals surface area contributed by atoms with E-state index in [1.54, 1.807) is 0 Å². The molecule has 1 aromatic heterocycles. The van der Waals surface area contributed by atoms with Gasteiger partial charge in [0.1, 0.15) is 0 Å². The zero-order chi connectivity index (χ0) is 22.4. The molecule has 0 fully saturated rings. The Morgan fingerprint density at radius 3 is 2.72 bits per heavy atom. The number of carbonyl (C=O) groups is 3. The van der Waals surface area contributed by atoms with Crippen molar-refractivity contribution in [3.63, 3.8) is 0 Å². The third kappa shape index (κ3) is 3.31. The Hall–Kier alpha value is -4.01. The normalized spacial score (nSPS) is 17.0. The number of hydrogen-bond acceptors (Lipinski definition) is 5. The van der Waals surface area contributed by atoms with Gasteiger partial charge < -0.3 is 10.3 Å². The van der Waals surface area contributed by atoms with E-state index >= 15 is 0 Å².